The smallest absolute Gasteiger partial charge is 0.123 e. The van der Waals surface area contributed by atoms with Gasteiger partial charge in [-0.15, -0.1) is 0 Å². The highest BCUT2D eigenvalue weighted by molar-refractivity contribution is 6.41. The molecule has 0 aliphatic carbocycles. The van der Waals surface area contributed by atoms with E-state index < -0.39 is 0 Å². The first-order chi connectivity index (χ1) is 7.58. The number of rotatable bonds is 1. The van der Waals surface area contributed by atoms with E-state index in [2.05, 4.69) is 4.98 Å². The first-order valence-electron chi connectivity index (χ1n) is 4.44. The molecule has 2 N–H and O–H groups in total. The molecule has 1 aromatic heterocycles. The van der Waals surface area contributed by atoms with Crippen molar-refractivity contribution >= 4 is 40.6 Å². The molecular weight excluding hydrogens is 266 g/mol. The number of hydrogen-bond donors (Lipinski definition) is 1. The molecule has 0 amide bonds. The molecule has 0 aliphatic heterocycles. The highest BCUT2D eigenvalue weighted by Gasteiger charge is 2.10. The minimum atomic E-state index is 0.416. The van der Waals surface area contributed by atoms with Crippen molar-refractivity contribution < 1.29 is 0 Å². The van der Waals surface area contributed by atoms with Crippen molar-refractivity contribution in [3.8, 4) is 11.1 Å². The van der Waals surface area contributed by atoms with E-state index in [0.717, 1.165) is 5.56 Å². The number of hydrogen-bond acceptors (Lipinski definition) is 2. The van der Waals surface area contributed by atoms with Gasteiger partial charge in [-0.05, 0) is 29.8 Å². The summed E-state index contributed by atoms with van der Waals surface area (Å²) in [6.07, 6.45) is 1.60. The molecule has 5 heteroatoms. The topological polar surface area (TPSA) is 38.9 Å². The van der Waals surface area contributed by atoms with Gasteiger partial charge in [-0.25, -0.2) is 4.98 Å². The molecule has 0 atom stereocenters. The van der Waals surface area contributed by atoms with Gasteiger partial charge in [-0.1, -0.05) is 34.8 Å². The third kappa shape index (κ3) is 2.24. The largest absolute Gasteiger partial charge is 0.384 e. The second-order valence-corrected chi connectivity index (χ2v) is 4.46. The second-order valence-electron chi connectivity index (χ2n) is 3.21. The average Bonchev–Trinajstić information content (AvgIpc) is 2.15. The van der Waals surface area contributed by atoms with Crippen molar-refractivity contribution in [2.75, 3.05) is 5.73 Å². The third-order valence-corrected chi connectivity index (χ3v) is 2.89. The number of benzene rings is 1. The summed E-state index contributed by atoms with van der Waals surface area (Å²) in [6.45, 7) is 0. The average molecular weight is 274 g/mol. The zero-order chi connectivity index (χ0) is 11.7. The van der Waals surface area contributed by atoms with Gasteiger partial charge < -0.3 is 5.73 Å². The highest BCUT2D eigenvalue weighted by Crippen LogP contribution is 2.37. The Hall–Kier alpha value is -0.960. The Morgan fingerprint density at radius 3 is 2.19 bits per heavy atom. The van der Waals surface area contributed by atoms with Gasteiger partial charge in [0.2, 0.25) is 0 Å². The van der Waals surface area contributed by atoms with Crippen molar-refractivity contribution in [2.24, 2.45) is 0 Å². The van der Waals surface area contributed by atoms with E-state index >= 15 is 0 Å². The lowest BCUT2D eigenvalue weighted by Gasteiger charge is -2.08. The van der Waals surface area contributed by atoms with Crippen LogP contribution in [0.1, 0.15) is 0 Å². The summed E-state index contributed by atoms with van der Waals surface area (Å²) in [6, 6.07) is 6.78. The molecule has 1 aromatic carbocycles. The van der Waals surface area contributed by atoms with Crippen molar-refractivity contribution in [1.29, 1.82) is 0 Å². The molecule has 0 unspecified atom stereocenters. The molecule has 1 heterocycles. The lowest BCUT2D eigenvalue weighted by molar-refractivity contribution is 1.34. The van der Waals surface area contributed by atoms with E-state index in [4.69, 9.17) is 40.5 Å². The zero-order valence-corrected chi connectivity index (χ0v) is 10.3. The van der Waals surface area contributed by atoms with Gasteiger partial charge in [-0.2, -0.15) is 0 Å². The standard InChI is InChI=1S/C11H7Cl3N2/c12-7-4-8(13)11(9(14)5-7)6-1-2-16-10(15)3-6/h1-5H,(H2,15,16). The van der Waals surface area contributed by atoms with Crippen molar-refractivity contribution in [3.05, 3.63) is 45.5 Å². The van der Waals surface area contributed by atoms with E-state index in [1.807, 2.05) is 0 Å². The summed E-state index contributed by atoms with van der Waals surface area (Å²) < 4.78 is 0. The van der Waals surface area contributed by atoms with Gasteiger partial charge in [0.15, 0.2) is 0 Å². The summed E-state index contributed by atoms with van der Waals surface area (Å²) >= 11 is 18.0. The van der Waals surface area contributed by atoms with Crippen molar-refractivity contribution in [3.63, 3.8) is 0 Å². The van der Waals surface area contributed by atoms with Gasteiger partial charge in [-0.3, -0.25) is 0 Å². The molecule has 2 rings (SSSR count). The van der Waals surface area contributed by atoms with Gasteiger partial charge in [0, 0.05) is 16.8 Å². The predicted molar refractivity (Wildman–Crippen MR) is 69.1 cm³/mol. The summed E-state index contributed by atoms with van der Waals surface area (Å²) in [7, 11) is 0. The van der Waals surface area contributed by atoms with Crippen LogP contribution in [0.25, 0.3) is 11.1 Å². The summed E-state index contributed by atoms with van der Waals surface area (Å²) in [5.74, 6) is 0.416. The molecular formula is C11H7Cl3N2. The lowest BCUT2D eigenvalue weighted by atomic mass is 10.1. The zero-order valence-electron chi connectivity index (χ0n) is 8.05. The lowest BCUT2D eigenvalue weighted by Crippen LogP contribution is -1.90. The van der Waals surface area contributed by atoms with Crippen LogP contribution in [0.3, 0.4) is 0 Å². The van der Waals surface area contributed by atoms with Crippen LogP contribution in [0, 0.1) is 0 Å². The summed E-state index contributed by atoms with van der Waals surface area (Å²) in [4.78, 5) is 3.91. The maximum Gasteiger partial charge on any atom is 0.123 e. The van der Waals surface area contributed by atoms with E-state index in [9.17, 15) is 0 Å². The van der Waals surface area contributed by atoms with Crippen LogP contribution in [0.5, 0.6) is 0 Å². The Kier molecular flexibility index (Phi) is 3.24. The normalized spacial score (nSPS) is 10.4. The molecule has 0 saturated heterocycles. The minimum absolute atomic E-state index is 0.416. The summed E-state index contributed by atoms with van der Waals surface area (Å²) in [5, 5.41) is 1.48. The second kappa shape index (κ2) is 4.50. The first kappa shape index (κ1) is 11.5. The Balaban J connectivity index is 2.64. The fourth-order valence-corrected chi connectivity index (χ4v) is 2.46. The monoisotopic (exact) mass is 272 g/mol. The van der Waals surface area contributed by atoms with E-state index in [1.54, 1.807) is 30.5 Å². The maximum atomic E-state index is 6.09. The van der Waals surface area contributed by atoms with Crippen LogP contribution in [0.15, 0.2) is 30.5 Å². The Labute approximate surface area is 108 Å². The molecule has 16 heavy (non-hydrogen) atoms. The first-order valence-corrected chi connectivity index (χ1v) is 5.58. The number of nitrogens with zero attached hydrogens (tertiary/aromatic N) is 1. The molecule has 0 aliphatic rings. The molecule has 0 bridgehead atoms. The molecule has 0 radical (unpaired) electrons. The van der Waals surface area contributed by atoms with Crippen molar-refractivity contribution in [2.45, 2.75) is 0 Å². The Bertz CT molecular complexity index is 517. The number of nitrogen functional groups attached to an aromatic ring is 1. The van der Waals surface area contributed by atoms with Crippen LogP contribution in [-0.4, -0.2) is 4.98 Å². The predicted octanol–water partition coefficient (Wildman–Crippen LogP) is 4.29. The molecule has 0 saturated carbocycles. The Morgan fingerprint density at radius 1 is 1.00 bits per heavy atom. The number of nitrogens with two attached hydrogens (primary N) is 1. The highest BCUT2D eigenvalue weighted by atomic mass is 35.5. The number of pyridine rings is 1. The van der Waals surface area contributed by atoms with Gasteiger partial charge in [0.25, 0.3) is 0 Å². The van der Waals surface area contributed by atoms with Gasteiger partial charge in [0.1, 0.15) is 5.82 Å². The van der Waals surface area contributed by atoms with Crippen LogP contribution in [0.2, 0.25) is 15.1 Å². The molecule has 2 nitrogen and oxygen atoms in total. The quantitative estimate of drug-likeness (QED) is 0.842. The number of anilines is 1. The SMILES string of the molecule is Nc1cc(-c2c(Cl)cc(Cl)cc2Cl)ccn1. The van der Waals surface area contributed by atoms with Gasteiger partial charge >= 0.3 is 0 Å². The van der Waals surface area contributed by atoms with Crippen LogP contribution >= 0.6 is 34.8 Å². The van der Waals surface area contributed by atoms with Crippen LogP contribution in [0.4, 0.5) is 5.82 Å². The number of halogens is 3. The van der Waals surface area contributed by atoms with E-state index in [-0.39, 0.29) is 0 Å². The van der Waals surface area contributed by atoms with Crippen LogP contribution < -0.4 is 5.73 Å². The van der Waals surface area contributed by atoms with E-state index in [1.165, 1.54) is 0 Å². The van der Waals surface area contributed by atoms with Gasteiger partial charge in [0.05, 0.1) is 10.0 Å². The maximum absolute atomic E-state index is 6.09. The van der Waals surface area contributed by atoms with Crippen LogP contribution in [-0.2, 0) is 0 Å². The Morgan fingerprint density at radius 2 is 1.62 bits per heavy atom. The van der Waals surface area contributed by atoms with E-state index in [0.29, 0.717) is 26.4 Å². The molecule has 2 aromatic rings. The fourth-order valence-electron chi connectivity index (χ4n) is 1.42. The third-order valence-electron chi connectivity index (χ3n) is 2.08. The molecule has 0 fully saturated rings. The summed E-state index contributed by atoms with van der Waals surface area (Å²) in [5.41, 5.74) is 7.13. The minimum Gasteiger partial charge on any atom is -0.384 e. The number of aromatic nitrogens is 1. The van der Waals surface area contributed by atoms with Crippen molar-refractivity contribution in [1.82, 2.24) is 4.98 Å². The fraction of sp³-hybridized carbons (Fsp3) is 0. The molecule has 82 valence electrons. The molecule has 0 spiro atoms.